The first-order chi connectivity index (χ1) is 7.61. The molecule has 0 saturated carbocycles. The van der Waals surface area contributed by atoms with E-state index in [2.05, 4.69) is 51.2 Å². The van der Waals surface area contributed by atoms with E-state index in [1.807, 2.05) is 7.76 Å². The minimum Gasteiger partial charge on any atom is -0.147 e. The normalized spacial score (nSPS) is 17.4. The van der Waals surface area contributed by atoms with Gasteiger partial charge in [0.1, 0.15) is 0 Å². The van der Waals surface area contributed by atoms with Gasteiger partial charge in [-0.25, -0.2) is 0 Å². The van der Waals surface area contributed by atoms with Gasteiger partial charge < -0.3 is 0 Å². The maximum Gasteiger partial charge on any atom is -0.147 e. The molecule has 0 heterocycles. The maximum atomic E-state index is 2.56. The molecule has 0 aliphatic heterocycles. The van der Waals surface area contributed by atoms with Gasteiger partial charge >= 0.3 is 107 Å². The van der Waals surface area contributed by atoms with Gasteiger partial charge in [-0.05, 0) is 0 Å². The van der Waals surface area contributed by atoms with E-state index in [9.17, 15) is 0 Å². The van der Waals surface area contributed by atoms with Gasteiger partial charge in [0.05, 0.1) is 0 Å². The fourth-order valence-corrected chi connectivity index (χ4v) is 16.7. The van der Waals surface area contributed by atoms with Gasteiger partial charge in [-0.1, -0.05) is 0 Å². The Bertz CT molecular complexity index is 384. The van der Waals surface area contributed by atoms with Crippen molar-refractivity contribution in [1.82, 2.24) is 0 Å². The van der Waals surface area contributed by atoms with Gasteiger partial charge in [0.2, 0.25) is 0 Å². The van der Waals surface area contributed by atoms with Crippen LogP contribution < -0.4 is 0 Å². The number of hydrogen-bond donors (Lipinski definition) is 0. The minimum absolute atomic E-state index is 0. The smallest absolute Gasteiger partial charge is 0.147 e. The first-order valence-corrected chi connectivity index (χ1v) is 13.4. The van der Waals surface area contributed by atoms with Crippen molar-refractivity contribution in [3.05, 3.63) is 43.2 Å². The van der Waals surface area contributed by atoms with E-state index in [1.54, 1.807) is 11.1 Å². The van der Waals surface area contributed by atoms with E-state index in [0.29, 0.717) is 0 Å². The second-order valence-corrected chi connectivity index (χ2v) is 18.4. The summed E-state index contributed by atoms with van der Waals surface area (Å²) < 4.78 is 3.75. The molecule has 4 heteroatoms. The Morgan fingerprint density at radius 2 is 1.28 bits per heavy atom. The molecule has 2 rings (SSSR count). The molecule has 101 valence electrons. The topological polar surface area (TPSA) is 0 Å². The van der Waals surface area contributed by atoms with Crippen molar-refractivity contribution in [3.63, 3.8) is 0 Å². The summed E-state index contributed by atoms with van der Waals surface area (Å²) in [5, 5.41) is 0. The molecule has 2 aliphatic rings. The molecule has 0 radical (unpaired) electrons. The van der Waals surface area contributed by atoms with Crippen LogP contribution in [0.25, 0.3) is 0 Å². The summed E-state index contributed by atoms with van der Waals surface area (Å²) in [6.45, 7) is 9.27. The quantitative estimate of drug-likeness (QED) is 0.642. The molecule has 2 aliphatic carbocycles. The number of allylic oxidation sites excluding steroid dienone is 8. The Kier molecular flexibility index (Phi) is 8.12. The van der Waals surface area contributed by atoms with Crippen LogP contribution in [0.5, 0.6) is 0 Å². The van der Waals surface area contributed by atoms with E-state index in [-0.39, 0.29) is 24.8 Å². The van der Waals surface area contributed by atoms with Gasteiger partial charge in [-0.3, -0.25) is 0 Å². The average molecular weight is 338 g/mol. The van der Waals surface area contributed by atoms with E-state index in [0.717, 1.165) is 0 Å². The maximum absolute atomic E-state index is 2.56. The number of rotatable bonds is 3. The number of hydrogen-bond acceptors (Lipinski definition) is 0. The van der Waals surface area contributed by atoms with Crippen LogP contribution in [0.15, 0.2) is 43.2 Å². The van der Waals surface area contributed by atoms with E-state index >= 15 is 0 Å². The standard InChI is InChI=1S/2C6H7.C2H7Si.2ClH.Ti/c2*1-6-4-2-3-5-6;1-3-2;;;/h2*2,4H,3H2,1H3;3H,1-2H3;2*1H;. The molecule has 0 aromatic carbocycles. The van der Waals surface area contributed by atoms with Crippen LogP contribution >= 0.6 is 24.8 Å². The Balaban J connectivity index is 0.00000144. The molecule has 0 amide bonds. The zero-order valence-corrected chi connectivity index (χ0v) is 16.0. The molecule has 0 aromatic rings. The summed E-state index contributed by atoms with van der Waals surface area (Å²) in [5.41, 5.74) is 3.20. The van der Waals surface area contributed by atoms with Crippen molar-refractivity contribution < 1.29 is 17.1 Å². The molecule has 0 fully saturated rings. The van der Waals surface area contributed by atoms with Crippen LogP contribution in [0.1, 0.15) is 26.7 Å². The fraction of sp³-hybridized carbons (Fsp3) is 0.429. The Morgan fingerprint density at radius 1 is 0.889 bits per heavy atom. The predicted molar refractivity (Wildman–Crippen MR) is 86.3 cm³/mol. The Morgan fingerprint density at radius 3 is 1.50 bits per heavy atom. The summed E-state index contributed by atoms with van der Waals surface area (Å²) in [7, 11) is 0. The molecule has 0 unspecified atom stereocenters. The van der Waals surface area contributed by atoms with Gasteiger partial charge in [-0.2, -0.15) is 0 Å². The molecule has 0 nitrogen and oxygen atoms in total. The largest absolute Gasteiger partial charge is 0.147 e. The second kappa shape index (κ2) is 7.92. The van der Waals surface area contributed by atoms with E-state index in [4.69, 9.17) is 0 Å². The molecular weight excluding hydrogens is 315 g/mol. The van der Waals surface area contributed by atoms with Crippen LogP contribution in [0.2, 0.25) is 13.1 Å². The van der Waals surface area contributed by atoms with E-state index in [1.165, 1.54) is 12.8 Å². The Labute approximate surface area is 131 Å². The van der Waals surface area contributed by atoms with Crippen LogP contribution in [-0.4, -0.2) is 6.66 Å². The predicted octanol–water partition coefficient (Wildman–Crippen LogP) is 4.90. The SMILES string of the molecule is CC1=[C]([Ti]([C]2=C(C)C=CC2)[SiH](C)C)CC=C1.Cl.Cl. The zero-order chi connectivity index (χ0) is 11.7. The van der Waals surface area contributed by atoms with Gasteiger partial charge in [0.15, 0.2) is 0 Å². The third-order valence-electron chi connectivity index (χ3n) is 3.56. The van der Waals surface area contributed by atoms with Gasteiger partial charge in [0, 0.05) is 0 Å². The van der Waals surface area contributed by atoms with E-state index < -0.39 is 23.8 Å². The molecule has 0 bridgehead atoms. The molecular formula is C14H23Cl2SiTi. The van der Waals surface area contributed by atoms with Gasteiger partial charge in [-0.15, -0.1) is 24.8 Å². The minimum atomic E-state index is -1.06. The third-order valence-corrected chi connectivity index (χ3v) is 16.9. The summed E-state index contributed by atoms with van der Waals surface area (Å²) in [6, 6.07) is 0. The van der Waals surface area contributed by atoms with Crippen LogP contribution in [0.4, 0.5) is 0 Å². The van der Waals surface area contributed by atoms with Crippen molar-refractivity contribution in [3.8, 4) is 0 Å². The van der Waals surface area contributed by atoms with Crippen molar-refractivity contribution in [2.75, 3.05) is 0 Å². The third kappa shape index (κ3) is 3.74. The fourth-order valence-electron chi connectivity index (χ4n) is 2.75. The monoisotopic (exact) mass is 337 g/mol. The number of halogens is 2. The van der Waals surface area contributed by atoms with Crippen molar-refractivity contribution >= 4 is 31.5 Å². The summed E-state index contributed by atoms with van der Waals surface area (Å²) in [6.07, 6.45) is 12.0. The van der Waals surface area contributed by atoms with Crippen molar-refractivity contribution in [1.29, 1.82) is 0 Å². The zero-order valence-electron chi connectivity index (χ0n) is 11.6. The Hall–Kier alpha value is 0.471. The summed E-state index contributed by atoms with van der Waals surface area (Å²) >= 11 is -1.06. The second-order valence-electron chi connectivity index (χ2n) is 5.10. The first kappa shape index (κ1) is 18.5. The molecule has 0 saturated heterocycles. The first-order valence-electron chi connectivity index (χ1n) is 6.21. The summed E-state index contributed by atoms with van der Waals surface area (Å²) in [4.78, 5) is 0. The average Bonchev–Trinajstić information content (AvgIpc) is 2.79. The van der Waals surface area contributed by atoms with Crippen molar-refractivity contribution in [2.24, 2.45) is 0 Å². The molecule has 0 aromatic heterocycles. The molecule has 0 spiro atoms. The molecule has 0 atom stereocenters. The molecule has 0 N–H and O–H groups in total. The van der Waals surface area contributed by atoms with Crippen LogP contribution in [0, 0.1) is 0 Å². The van der Waals surface area contributed by atoms with Crippen LogP contribution in [0.3, 0.4) is 0 Å². The summed E-state index contributed by atoms with van der Waals surface area (Å²) in [5.74, 6) is 0. The molecule has 18 heavy (non-hydrogen) atoms. The van der Waals surface area contributed by atoms with Gasteiger partial charge in [0.25, 0.3) is 0 Å². The van der Waals surface area contributed by atoms with Crippen molar-refractivity contribution in [2.45, 2.75) is 39.8 Å². The van der Waals surface area contributed by atoms with Crippen LogP contribution in [-0.2, 0) is 17.1 Å².